The smallest absolute Gasteiger partial charge is 0.131 e. The molecule has 0 heterocycles. The van der Waals surface area contributed by atoms with Gasteiger partial charge in [-0.3, -0.25) is 0 Å². The predicted octanol–water partition coefficient (Wildman–Crippen LogP) is 3.84. The summed E-state index contributed by atoms with van der Waals surface area (Å²) in [5.41, 5.74) is 1.02. The van der Waals surface area contributed by atoms with Crippen LogP contribution < -0.4 is 4.74 Å². The van der Waals surface area contributed by atoms with Crippen molar-refractivity contribution in [1.29, 1.82) is 0 Å². The summed E-state index contributed by atoms with van der Waals surface area (Å²) in [5.74, 6) is 0.480. The molecule has 0 aromatic heterocycles. The third kappa shape index (κ3) is 4.02. The minimum atomic E-state index is -0.359. The van der Waals surface area contributed by atoms with Crippen LogP contribution in [-0.4, -0.2) is 17.5 Å². The van der Waals surface area contributed by atoms with Crippen molar-refractivity contribution in [3.63, 3.8) is 0 Å². The molecule has 1 rings (SSSR count). The van der Waals surface area contributed by atoms with Crippen LogP contribution in [0.1, 0.15) is 39.2 Å². The molecule has 1 atom stereocenters. The molecule has 1 aromatic rings. The van der Waals surface area contributed by atoms with E-state index in [2.05, 4.69) is 19.0 Å². The summed E-state index contributed by atoms with van der Waals surface area (Å²) in [6, 6.07) is 4.21. The summed E-state index contributed by atoms with van der Waals surface area (Å²) in [7, 11) is 0. The van der Waals surface area contributed by atoms with Crippen molar-refractivity contribution in [2.24, 2.45) is 11.1 Å². The van der Waals surface area contributed by atoms with Gasteiger partial charge in [0.05, 0.1) is 12.3 Å². The molecule has 100 valence electrons. The molecule has 0 fully saturated rings. The molecule has 0 amide bonds. The van der Waals surface area contributed by atoms with Gasteiger partial charge in [0.1, 0.15) is 11.6 Å². The number of oxime groups is 1. The number of hydrogen-bond acceptors (Lipinski definition) is 3. The highest BCUT2D eigenvalue weighted by Gasteiger charge is 2.10. The third-order valence-electron chi connectivity index (χ3n) is 2.79. The average Bonchev–Trinajstić information content (AvgIpc) is 2.36. The Labute approximate surface area is 107 Å². The molecule has 18 heavy (non-hydrogen) atoms. The Kier molecular flexibility index (Phi) is 5.62. The molecule has 1 unspecified atom stereocenters. The second-order valence-corrected chi connectivity index (χ2v) is 4.53. The van der Waals surface area contributed by atoms with Gasteiger partial charge in [-0.05, 0) is 31.4 Å². The van der Waals surface area contributed by atoms with E-state index in [1.54, 1.807) is 13.0 Å². The molecule has 0 bridgehead atoms. The van der Waals surface area contributed by atoms with E-state index >= 15 is 0 Å². The summed E-state index contributed by atoms with van der Waals surface area (Å²) in [6.07, 6.45) is 2.16. The minimum Gasteiger partial charge on any atom is -0.493 e. The van der Waals surface area contributed by atoms with Gasteiger partial charge in [0.25, 0.3) is 0 Å². The molecular formula is C14H20FNO2. The fraction of sp³-hybridized carbons (Fsp3) is 0.500. The van der Waals surface area contributed by atoms with Gasteiger partial charge < -0.3 is 9.94 Å². The van der Waals surface area contributed by atoms with Crippen LogP contribution in [0.4, 0.5) is 4.39 Å². The van der Waals surface area contributed by atoms with Crippen molar-refractivity contribution in [3.8, 4) is 5.75 Å². The Morgan fingerprint density at radius 2 is 2.22 bits per heavy atom. The van der Waals surface area contributed by atoms with Crippen LogP contribution >= 0.6 is 0 Å². The number of hydrogen-bond donors (Lipinski definition) is 1. The van der Waals surface area contributed by atoms with E-state index in [1.165, 1.54) is 12.1 Å². The SMILES string of the molecule is CCCC(C)COc1cc(F)ccc1C(C)=NO. The molecule has 1 N–H and O–H groups in total. The molecule has 0 saturated carbocycles. The average molecular weight is 253 g/mol. The van der Waals surface area contributed by atoms with Crippen LogP contribution in [0.3, 0.4) is 0 Å². The molecule has 3 nitrogen and oxygen atoms in total. The maximum Gasteiger partial charge on any atom is 0.131 e. The molecule has 1 aromatic carbocycles. The second-order valence-electron chi connectivity index (χ2n) is 4.53. The van der Waals surface area contributed by atoms with Crippen molar-refractivity contribution >= 4 is 5.71 Å². The van der Waals surface area contributed by atoms with Gasteiger partial charge in [-0.1, -0.05) is 25.4 Å². The predicted molar refractivity (Wildman–Crippen MR) is 70.0 cm³/mol. The van der Waals surface area contributed by atoms with E-state index < -0.39 is 0 Å². The number of ether oxygens (including phenoxy) is 1. The molecule has 0 aliphatic carbocycles. The van der Waals surface area contributed by atoms with Gasteiger partial charge in [-0.2, -0.15) is 0 Å². The van der Waals surface area contributed by atoms with Gasteiger partial charge >= 0.3 is 0 Å². The summed E-state index contributed by atoms with van der Waals surface area (Å²) < 4.78 is 18.8. The van der Waals surface area contributed by atoms with Crippen molar-refractivity contribution in [1.82, 2.24) is 0 Å². The van der Waals surface area contributed by atoms with E-state index in [-0.39, 0.29) is 5.82 Å². The lowest BCUT2D eigenvalue weighted by atomic mass is 10.1. The van der Waals surface area contributed by atoms with E-state index in [4.69, 9.17) is 9.94 Å². The van der Waals surface area contributed by atoms with Crippen molar-refractivity contribution < 1.29 is 14.3 Å². The monoisotopic (exact) mass is 253 g/mol. The first-order valence-electron chi connectivity index (χ1n) is 6.19. The number of rotatable bonds is 6. The number of halogens is 1. The lowest BCUT2D eigenvalue weighted by Crippen LogP contribution is -2.10. The first kappa shape index (κ1) is 14.5. The molecule has 0 aliphatic heterocycles. The third-order valence-corrected chi connectivity index (χ3v) is 2.79. The van der Waals surface area contributed by atoms with E-state index in [1.807, 2.05) is 0 Å². The summed E-state index contributed by atoms with van der Waals surface area (Å²) >= 11 is 0. The standard InChI is InChI=1S/C14H20FNO2/c1-4-5-10(2)9-18-14-8-12(15)6-7-13(14)11(3)16-17/h6-8,10,17H,4-5,9H2,1-3H3. The highest BCUT2D eigenvalue weighted by molar-refractivity contribution is 6.00. The van der Waals surface area contributed by atoms with Crippen LogP contribution in [0.5, 0.6) is 5.75 Å². The molecule has 0 aliphatic rings. The lowest BCUT2D eigenvalue weighted by Gasteiger charge is -2.14. The summed E-state index contributed by atoms with van der Waals surface area (Å²) in [6.45, 7) is 6.39. The van der Waals surface area contributed by atoms with E-state index in [0.717, 1.165) is 12.8 Å². The first-order valence-corrected chi connectivity index (χ1v) is 6.19. The zero-order chi connectivity index (χ0) is 13.5. The Balaban J connectivity index is 2.83. The van der Waals surface area contributed by atoms with Crippen LogP contribution in [0.15, 0.2) is 23.4 Å². The van der Waals surface area contributed by atoms with Crippen LogP contribution in [0.2, 0.25) is 0 Å². The molecule has 0 spiro atoms. The topological polar surface area (TPSA) is 41.8 Å². The van der Waals surface area contributed by atoms with Crippen LogP contribution in [-0.2, 0) is 0 Å². The maximum atomic E-state index is 13.2. The van der Waals surface area contributed by atoms with Gasteiger partial charge in [0.2, 0.25) is 0 Å². The quantitative estimate of drug-likeness (QED) is 0.475. The van der Waals surface area contributed by atoms with Crippen molar-refractivity contribution in [2.75, 3.05) is 6.61 Å². The highest BCUT2D eigenvalue weighted by atomic mass is 19.1. The van der Waals surface area contributed by atoms with E-state index in [9.17, 15) is 4.39 Å². The molecule has 0 saturated heterocycles. The van der Waals surface area contributed by atoms with Crippen molar-refractivity contribution in [3.05, 3.63) is 29.6 Å². The summed E-state index contributed by atoms with van der Waals surface area (Å²) in [5, 5.41) is 11.9. The highest BCUT2D eigenvalue weighted by Crippen LogP contribution is 2.22. The van der Waals surface area contributed by atoms with Crippen molar-refractivity contribution in [2.45, 2.75) is 33.6 Å². The molecule has 4 heteroatoms. The maximum absolute atomic E-state index is 13.2. The zero-order valence-electron chi connectivity index (χ0n) is 11.1. The fourth-order valence-corrected chi connectivity index (χ4v) is 1.78. The number of benzene rings is 1. The normalized spacial score (nSPS) is 13.4. The second kappa shape index (κ2) is 6.99. The van der Waals surface area contributed by atoms with Gasteiger partial charge in [-0.25, -0.2) is 4.39 Å². The van der Waals surface area contributed by atoms with Gasteiger partial charge in [0.15, 0.2) is 0 Å². The fourth-order valence-electron chi connectivity index (χ4n) is 1.78. The zero-order valence-corrected chi connectivity index (χ0v) is 11.1. The minimum absolute atomic E-state index is 0.359. The molecular weight excluding hydrogens is 233 g/mol. The van der Waals surface area contributed by atoms with Crippen LogP contribution in [0.25, 0.3) is 0 Å². The van der Waals surface area contributed by atoms with Gasteiger partial charge in [0, 0.05) is 11.6 Å². The first-order chi connectivity index (χ1) is 8.58. The Bertz CT molecular complexity index is 418. The number of nitrogens with zero attached hydrogens (tertiary/aromatic N) is 1. The Morgan fingerprint density at radius 1 is 1.50 bits per heavy atom. The summed E-state index contributed by atoms with van der Waals surface area (Å²) in [4.78, 5) is 0. The Morgan fingerprint density at radius 3 is 2.83 bits per heavy atom. The Hall–Kier alpha value is -1.58. The molecule has 0 radical (unpaired) electrons. The van der Waals surface area contributed by atoms with E-state index in [0.29, 0.717) is 29.5 Å². The van der Waals surface area contributed by atoms with Gasteiger partial charge in [-0.15, -0.1) is 0 Å². The van der Waals surface area contributed by atoms with Crippen LogP contribution in [0, 0.1) is 11.7 Å². The largest absolute Gasteiger partial charge is 0.493 e. The lowest BCUT2D eigenvalue weighted by molar-refractivity contribution is 0.250.